The Morgan fingerprint density at radius 3 is 2.92 bits per heavy atom. The Kier molecular flexibility index (Phi) is 2.93. The maximum Gasteiger partial charge on any atom is 0.288 e. The maximum atomic E-state index is 10.3. The van der Waals surface area contributed by atoms with Gasteiger partial charge in [0, 0.05) is 10.5 Å². The van der Waals surface area contributed by atoms with Crippen LogP contribution in [0.3, 0.4) is 0 Å². The molecule has 6 heteroatoms. The van der Waals surface area contributed by atoms with Crippen LogP contribution < -0.4 is 0 Å². The molecular formula is C7H4BrN3O2. The third-order valence-electron chi connectivity index (χ3n) is 1.36. The third kappa shape index (κ3) is 2.23. The number of nitriles is 1. The molecule has 1 heterocycles. The van der Waals surface area contributed by atoms with E-state index in [4.69, 9.17) is 5.26 Å². The van der Waals surface area contributed by atoms with Gasteiger partial charge in [-0.2, -0.15) is 5.26 Å². The topological polar surface area (TPSA) is 79.8 Å². The second-order valence-corrected chi connectivity index (χ2v) is 3.07. The van der Waals surface area contributed by atoms with Gasteiger partial charge in [0.25, 0.3) is 5.69 Å². The van der Waals surface area contributed by atoms with Gasteiger partial charge in [-0.25, -0.2) is 0 Å². The molecule has 0 aromatic carbocycles. The fraction of sp³-hybridized carbons (Fsp3) is 0.143. The van der Waals surface area contributed by atoms with E-state index in [1.54, 1.807) is 0 Å². The smallest absolute Gasteiger partial charge is 0.258 e. The molecule has 0 fully saturated rings. The van der Waals surface area contributed by atoms with Gasteiger partial charge < -0.3 is 0 Å². The van der Waals surface area contributed by atoms with Crippen LogP contribution in [0.15, 0.2) is 16.7 Å². The zero-order valence-corrected chi connectivity index (χ0v) is 7.98. The molecule has 0 aliphatic carbocycles. The van der Waals surface area contributed by atoms with E-state index >= 15 is 0 Å². The first-order valence-corrected chi connectivity index (χ1v) is 4.10. The van der Waals surface area contributed by atoms with Crippen LogP contribution >= 0.6 is 15.9 Å². The highest BCUT2D eigenvalue weighted by Gasteiger charge is 2.09. The fourth-order valence-electron chi connectivity index (χ4n) is 0.761. The number of rotatable bonds is 2. The molecule has 0 amide bonds. The summed E-state index contributed by atoms with van der Waals surface area (Å²) in [6.45, 7) is 0. The zero-order valence-electron chi connectivity index (χ0n) is 6.40. The highest BCUT2D eigenvalue weighted by molar-refractivity contribution is 9.10. The monoisotopic (exact) mass is 241 g/mol. The predicted molar refractivity (Wildman–Crippen MR) is 47.9 cm³/mol. The first-order valence-electron chi connectivity index (χ1n) is 3.31. The van der Waals surface area contributed by atoms with E-state index < -0.39 is 4.92 Å². The number of nitro groups is 1. The average Bonchev–Trinajstić information content (AvgIpc) is 2.08. The fourth-order valence-corrected chi connectivity index (χ4v) is 1.24. The molecule has 1 rings (SSSR count). The van der Waals surface area contributed by atoms with Crippen LogP contribution in [-0.2, 0) is 6.42 Å². The van der Waals surface area contributed by atoms with E-state index in [0.29, 0.717) is 10.2 Å². The lowest BCUT2D eigenvalue weighted by molar-refractivity contribution is -0.385. The molecule has 13 heavy (non-hydrogen) atoms. The van der Waals surface area contributed by atoms with Gasteiger partial charge in [0.05, 0.1) is 23.1 Å². The SMILES string of the molecule is N#CCc1ncc([N+](=O)[O-])cc1Br. The van der Waals surface area contributed by atoms with Crippen molar-refractivity contribution in [2.24, 2.45) is 0 Å². The molecule has 1 aromatic rings. The Bertz CT molecular complexity index is 386. The number of aromatic nitrogens is 1. The number of halogens is 1. The lowest BCUT2D eigenvalue weighted by Gasteiger charge is -1.97. The van der Waals surface area contributed by atoms with Crippen molar-refractivity contribution in [3.8, 4) is 6.07 Å². The van der Waals surface area contributed by atoms with E-state index in [9.17, 15) is 10.1 Å². The summed E-state index contributed by atoms with van der Waals surface area (Å²) >= 11 is 3.10. The lowest BCUT2D eigenvalue weighted by atomic mass is 10.3. The summed E-state index contributed by atoms with van der Waals surface area (Å²) in [5.74, 6) is 0. The predicted octanol–water partition coefficient (Wildman–Crippen LogP) is 1.82. The summed E-state index contributed by atoms with van der Waals surface area (Å²) in [6, 6.07) is 3.24. The second-order valence-electron chi connectivity index (χ2n) is 2.21. The molecule has 0 radical (unpaired) electrons. The summed E-state index contributed by atoms with van der Waals surface area (Å²) in [5.41, 5.74) is 0.418. The molecule has 0 N–H and O–H groups in total. The van der Waals surface area contributed by atoms with Crippen molar-refractivity contribution < 1.29 is 4.92 Å². The highest BCUT2D eigenvalue weighted by Crippen LogP contribution is 2.20. The van der Waals surface area contributed by atoms with Crippen molar-refractivity contribution in [3.63, 3.8) is 0 Å². The van der Waals surface area contributed by atoms with Crippen LogP contribution in [0.4, 0.5) is 5.69 Å². The Morgan fingerprint density at radius 2 is 2.46 bits per heavy atom. The van der Waals surface area contributed by atoms with E-state index in [1.807, 2.05) is 6.07 Å². The van der Waals surface area contributed by atoms with Gasteiger partial charge in [-0.15, -0.1) is 0 Å². The van der Waals surface area contributed by atoms with Crippen molar-refractivity contribution in [3.05, 3.63) is 32.5 Å². The normalized spacial score (nSPS) is 9.23. The molecule has 0 unspecified atom stereocenters. The van der Waals surface area contributed by atoms with Crippen LogP contribution in [0.5, 0.6) is 0 Å². The summed E-state index contributed by atoms with van der Waals surface area (Å²) in [4.78, 5) is 13.5. The van der Waals surface area contributed by atoms with E-state index in [0.717, 1.165) is 6.20 Å². The molecule has 66 valence electrons. The first kappa shape index (κ1) is 9.61. The summed E-state index contributed by atoms with van der Waals surface area (Å²) in [7, 11) is 0. The van der Waals surface area contributed by atoms with Crippen LogP contribution in [0.2, 0.25) is 0 Å². The van der Waals surface area contributed by atoms with Crippen LogP contribution in [0.1, 0.15) is 5.69 Å². The molecule has 0 aliphatic rings. The van der Waals surface area contributed by atoms with Crippen molar-refractivity contribution in [2.45, 2.75) is 6.42 Å². The zero-order chi connectivity index (χ0) is 9.84. The van der Waals surface area contributed by atoms with E-state index in [-0.39, 0.29) is 12.1 Å². The number of hydrogen-bond donors (Lipinski definition) is 0. The number of nitrogens with zero attached hydrogens (tertiary/aromatic N) is 3. The van der Waals surface area contributed by atoms with E-state index in [2.05, 4.69) is 20.9 Å². The maximum absolute atomic E-state index is 10.3. The molecule has 5 nitrogen and oxygen atoms in total. The molecule has 0 atom stereocenters. The highest BCUT2D eigenvalue weighted by atomic mass is 79.9. The Hall–Kier alpha value is -1.48. The van der Waals surface area contributed by atoms with Crippen molar-refractivity contribution >= 4 is 21.6 Å². The Morgan fingerprint density at radius 1 is 1.77 bits per heavy atom. The van der Waals surface area contributed by atoms with Crippen molar-refractivity contribution in [2.75, 3.05) is 0 Å². The number of hydrogen-bond acceptors (Lipinski definition) is 4. The minimum atomic E-state index is -0.534. The third-order valence-corrected chi connectivity index (χ3v) is 2.05. The standard InChI is InChI=1S/C7H4BrN3O2/c8-6-3-5(11(12)13)4-10-7(6)1-2-9/h3-4H,1H2. The molecular weight excluding hydrogens is 238 g/mol. The van der Waals surface area contributed by atoms with Gasteiger partial charge in [-0.05, 0) is 15.9 Å². The molecule has 0 saturated heterocycles. The van der Waals surface area contributed by atoms with Crippen LogP contribution in [0, 0.1) is 21.4 Å². The second kappa shape index (κ2) is 3.96. The molecule has 0 saturated carbocycles. The van der Waals surface area contributed by atoms with Gasteiger partial charge in [-0.1, -0.05) is 0 Å². The minimum Gasteiger partial charge on any atom is -0.258 e. The Balaban J connectivity index is 3.07. The summed E-state index contributed by atoms with van der Waals surface area (Å²) in [6.07, 6.45) is 1.27. The number of pyridine rings is 1. The van der Waals surface area contributed by atoms with Crippen LogP contribution in [0.25, 0.3) is 0 Å². The minimum absolute atomic E-state index is 0.0893. The summed E-state index contributed by atoms with van der Waals surface area (Å²) < 4.78 is 0.489. The molecule has 0 aliphatic heterocycles. The summed E-state index contributed by atoms with van der Waals surface area (Å²) in [5, 5.41) is 18.7. The molecule has 0 spiro atoms. The van der Waals surface area contributed by atoms with Gasteiger partial charge in [0.1, 0.15) is 6.20 Å². The lowest BCUT2D eigenvalue weighted by Crippen LogP contribution is -1.94. The van der Waals surface area contributed by atoms with Crippen molar-refractivity contribution in [1.82, 2.24) is 4.98 Å². The van der Waals surface area contributed by atoms with Gasteiger partial charge in [-0.3, -0.25) is 15.1 Å². The molecule has 0 bridgehead atoms. The van der Waals surface area contributed by atoms with Crippen molar-refractivity contribution in [1.29, 1.82) is 5.26 Å². The van der Waals surface area contributed by atoms with Gasteiger partial charge >= 0.3 is 0 Å². The van der Waals surface area contributed by atoms with E-state index in [1.165, 1.54) is 6.07 Å². The molecule has 1 aromatic heterocycles. The van der Waals surface area contributed by atoms with Gasteiger partial charge in [0.2, 0.25) is 0 Å². The first-order chi connectivity index (χ1) is 6.15. The quantitative estimate of drug-likeness (QED) is 0.585. The Labute approximate surface area is 82.3 Å². The average molecular weight is 242 g/mol. The largest absolute Gasteiger partial charge is 0.288 e. The van der Waals surface area contributed by atoms with Gasteiger partial charge in [0.15, 0.2) is 0 Å². The van der Waals surface area contributed by atoms with Crippen LogP contribution in [-0.4, -0.2) is 9.91 Å².